The van der Waals surface area contributed by atoms with Crippen LogP contribution >= 0.6 is 23.4 Å². The van der Waals surface area contributed by atoms with Gasteiger partial charge in [0.15, 0.2) is 5.16 Å². The molecule has 0 radical (unpaired) electrons. The van der Waals surface area contributed by atoms with Crippen molar-refractivity contribution in [3.63, 3.8) is 0 Å². The lowest BCUT2D eigenvalue weighted by Gasteiger charge is -2.15. The van der Waals surface area contributed by atoms with Gasteiger partial charge in [-0.3, -0.25) is 14.2 Å². The Morgan fingerprint density at radius 1 is 1.09 bits per heavy atom. The molecule has 3 aromatic carbocycles. The molecule has 0 unspecified atom stereocenters. The smallest absolute Gasteiger partial charge is 0.266 e. The van der Waals surface area contributed by atoms with E-state index < -0.39 is 0 Å². The van der Waals surface area contributed by atoms with E-state index in [2.05, 4.69) is 5.32 Å². The lowest BCUT2D eigenvalue weighted by atomic mass is 10.1. The van der Waals surface area contributed by atoms with E-state index in [0.29, 0.717) is 38.2 Å². The minimum absolute atomic E-state index is 0.0469. The highest BCUT2D eigenvalue weighted by Gasteiger charge is 2.16. The number of ether oxygens (including phenoxy) is 1. The lowest BCUT2D eigenvalue weighted by molar-refractivity contribution is -0.113. The summed E-state index contributed by atoms with van der Waals surface area (Å²) in [6.45, 7) is 4.02. The maximum Gasteiger partial charge on any atom is 0.266 e. The van der Waals surface area contributed by atoms with Crippen LogP contribution in [0.15, 0.2) is 70.6 Å². The van der Waals surface area contributed by atoms with Crippen molar-refractivity contribution >= 4 is 45.9 Å². The van der Waals surface area contributed by atoms with Gasteiger partial charge in [0, 0.05) is 5.02 Å². The van der Waals surface area contributed by atoms with Crippen molar-refractivity contribution in [2.24, 2.45) is 0 Å². The molecule has 33 heavy (non-hydrogen) atoms. The van der Waals surface area contributed by atoms with Gasteiger partial charge < -0.3 is 10.1 Å². The molecule has 0 aliphatic rings. The second kappa shape index (κ2) is 9.68. The Balaban J connectivity index is 1.68. The fourth-order valence-electron chi connectivity index (χ4n) is 3.40. The number of thioether (sulfide) groups is 1. The molecule has 0 fully saturated rings. The molecule has 0 aliphatic heterocycles. The van der Waals surface area contributed by atoms with Crippen LogP contribution in [-0.2, 0) is 4.79 Å². The number of methoxy groups -OCH3 is 1. The first-order valence-electron chi connectivity index (χ1n) is 10.2. The molecule has 0 spiro atoms. The maximum absolute atomic E-state index is 13.4. The molecule has 1 heterocycles. The Morgan fingerprint density at radius 3 is 2.64 bits per heavy atom. The highest BCUT2D eigenvalue weighted by atomic mass is 35.5. The number of nitrogens with one attached hydrogen (secondary N) is 1. The van der Waals surface area contributed by atoms with Crippen molar-refractivity contribution in [1.82, 2.24) is 9.55 Å². The first kappa shape index (κ1) is 22.9. The van der Waals surface area contributed by atoms with Gasteiger partial charge in [0.25, 0.3) is 5.56 Å². The zero-order valence-electron chi connectivity index (χ0n) is 18.4. The molecule has 0 aliphatic carbocycles. The van der Waals surface area contributed by atoms with Gasteiger partial charge >= 0.3 is 0 Å². The quantitative estimate of drug-likeness (QED) is 0.296. The number of fused-ring (bicyclic) bond motifs is 1. The molecule has 0 atom stereocenters. The van der Waals surface area contributed by atoms with Gasteiger partial charge in [0.2, 0.25) is 5.91 Å². The van der Waals surface area contributed by atoms with Gasteiger partial charge in [-0.15, -0.1) is 0 Å². The van der Waals surface area contributed by atoms with E-state index in [0.717, 1.165) is 11.1 Å². The standard InChI is InChI=1S/C25H22ClN3O3S/c1-15-8-10-18(12-16(15)2)29-24(31)19-6-4-5-7-20(19)28-25(29)33-14-23(30)27-21-13-17(26)9-11-22(21)32-3/h4-13H,14H2,1-3H3,(H,27,30). The van der Waals surface area contributed by atoms with Crippen molar-refractivity contribution in [2.45, 2.75) is 19.0 Å². The predicted molar refractivity (Wildman–Crippen MR) is 134 cm³/mol. The zero-order chi connectivity index (χ0) is 23.5. The number of nitrogens with zero attached hydrogens (tertiary/aromatic N) is 2. The molecular formula is C25H22ClN3O3S. The SMILES string of the molecule is COc1ccc(Cl)cc1NC(=O)CSc1nc2ccccc2c(=O)n1-c1ccc(C)c(C)c1. The number of anilines is 1. The van der Waals surface area contributed by atoms with Crippen LogP contribution in [0.1, 0.15) is 11.1 Å². The molecule has 4 rings (SSSR count). The van der Waals surface area contributed by atoms with E-state index in [-0.39, 0.29) is 17.2 Å². The van der Waals surface area contributed by atoms with Gasteiger partial charge in [0.1, 0.15) is 5.75 Å². The minimum Gasteiger partial charge on any atom is -0.495 e. The van der Waals surface area contributed by atoms with Crippen LogP contribution in [0.4, 0.5) is 5.69 Å². The molecule has 6 nitrogen and oxygen atoms in total. The Labute approximate surface area is 200 Å². The number of amides is 1. The van der Waals surface area contributed by atoms with Crippen LogP contribution in [0.25, 0.3) is 16.6 Å². The number of carbonyl (C=O) groups excluding carboxylic acids is 1. The van der Waals surface area contributed by atoms with Crippen LogP contribution in [0.3, 0.4) is 0 Å². The number of rotatable bonds is 6. The summed E-state index contributed by atoms with van der Waals surface area (Å²) in [5.41, 5.74) is 3.79. The average molecular weight is 480 g/mol. The molecule has 0 saturated carbocycles. The average Bonchev–Trinajstić information content (AvgIpc) is 2.80. The Kier molecular flexibility index (Phi) is 6.72. The van der Waals surface area contributed by atoms with E-state index in [4.69, 9.17) is 21.3 Å². The predicted octanol–water partition coefficient (Wildman–Crippen LogP) is 5.40. The number of hydrogen-bond donors (Lipinski definition) is 1. The third-order valence-corrected chi connectivity index (χ3v) is 6.44. The van der Waals surface area contributed by atoms with Crippen molar-refractivity contribution in [1.29, 1.82) is 0 Å². The van der Waals surface area contributed by atoms with Gasteiger partial charge in [-0.05, 0) is 67.4 Å². The first-order valence-corrected chi connectivity index (χ1v) is 11.6. The number of para-hydroxylation sites is 1. The summed E-state index contributed by atoms with van der Waals surface area (Å²) in [5, 5.41) is 4.26. The summed E-state index contributed by atoms with van der Waals surface area (Å²) in [6.07, 6.45) is 0. The molecule has 168 valence electrons. The number of carbonyl (C=O) groups is 1. The first-order chi connectivity index (χ1) is 15.9. The third-order valence-electron chi connectivity index (χ3n) is 5.26. The second-order valence-corrected chi connectivity index (χ2v) is 8.88. The number of aromatic nitrogens is 2. The number of benzene rings is 3. The Morgan fingerprint density at radius 2 is 1.88 bits per heavy atom. The summed E-state index contributed by atoms with van der Waals surface area (Å²) >= 11 is 7.25. The van der Waals surface area contributed by atoms with Crippen LogP contribution in [0, 0.1) is 13.8 Å². The lowest BCUT2D eigenvalue weighted by Crippen LogP contribution is -2.23. The second-order valence-electron chi connectivity index (χ2n) is 7.50. The molecule has 0 saturated heterocycles. The highest BCUT2D eigenvalue weighted by molar-refractivity contribution is 7.99. The van der Waals surface area contributed by atoms with Gasteiger partial charge in [-0.25, -0.2) is 4.98 Å². The van der Waals surface area contributed by atoms with E-state index in [1.807, 2.05) is 44.2 Å². The molecule has 1 N–H and O–H groups in total. The molecule has 4 aromatic rings. The molecule has 1 aromatic heterocycles. The van der Waals surface area contributed by atoms with E-state index in [1.54, 1.807) is 34.9 Å². The topological polar surface area (TPSA) is 73.2 Å². The van der Waals surface area contributed by atoms with Crippen LogP contribution < -0.4 is 15.6 Å². The van der Waals surface area contributed by atoms with Crippen LogP contribution in [0.5, 0.6) is 5.75 Å². The largest absolute Gasteiger partial charge is 0.495 e. The van der Waals surface area contributed by atoms with Crippen molar-refractivity contribution < 1.29 is 9.53 Å². The van der Waals surface area contributed by atoms with E-state index in [1.165, 1.54) is 18.9 Å². The number of halogens is 1. The summed E-state index contributed by atoms with van der Waals surface area (Å²) in [7, 11) is 1.52. The normalized spacial score (nSPS) is 10.9. The van der Waals surface area contributed by atoms with Crippen molar-refractivity contribution in [2.75, 3.05) is 18.2 Å². The molecule has 1 amide bonds. The van der Waals surface area contributed by atoms with Gasteiger partial charge in [-0.1, -0.05) is 41.6 Å². The zero-order valence-corrected chi connectivity index (χ0v) is 20.0. The molecule has 0 bridgehead atoms. The Hall–Kier alpha value is -3.29. The maximum atomic E-state index is 13.4. The van der Waals surface area contributed by atoms with E-state index in [9.17, 15) is 9.59 Å². The monoisotopic (exact) mass is 479 g/mol. The third kappa shape index (κ3) is 4.89. The fourth-order valence-corrected chi connectivity index (χ4v) is 4.38. The summed E-state index contributed by atoms with van der Waals surface area (Å²) in [4.78, 5) is 30.8. The summed E-state index contributed by atoms with van der Waals surface area (Å²) < 4.78 is 6.85. The summed E-state index contributed by atoms with van der Waals surface area (Å²) in [5.74, 6) is 0.286. The Bertz CT molecular complexity index is 1420. The van der Waals surface area contributed by atoms with Crippen LogP contribution in [0.2, 0.25) is 5.02 Å². The van der Waals surface area contributed by atoms with Gasteiger partial charge in [0.05, 0.1) is 35.1 Å². The van der Waals surface area contributed by atoms with Gasteiger partial charge in [-0.2, -0.15) is 0 Å². The van der Waals surface area contributed by atoms with Crippen LogP contribution in [-0.4, -0.2) is 28.3 Å². The summed E-state index contributed by atoms with van der Waals surface area (Å²) in [6, 6.07) is 18.0. The van der Waals surface area contributed by atoms with E-state index >= 15 is 0 Å². The number of aryl methyl sites for hydroxylation is 2. The molecular weight excluding hydrogens is 458 g/mol. The molecule has 8 heteroatoms. The van der Waals surface area contributed by atoms with Crippen molar-refractivity contribution in [3.8, 4) is 11.4 Å². The highest BCUT2D eigenvalue weighted by Crippen LogP contribution is 2.28. The fraction of sp³-hybridized carbons (Fsp3) is 0.160. The minimum atomic E-state index is -0.269. The number of hydrogen-bond acceptors (Lipinski definition) is 5. The van der Waals surface area contributed by atoms with Crippen molar-refractivity contribution in [3.05, 3.63) is 87.2 Å².